The zero-order chi connectivity index (χ0) is 29.1. The van der Waals surface area contributed by atoms with Gasteiger partial charge in [0.2, 0.25) is 0 Å². The number of β-amino-alcohol motifs (C(OH)–C–C–N with tert-alkyl or cyclic N) is 1. The van der Waals surface area contributed by atoms with Crippen molar-refractivity contribution in [3.63, 3.8) is 0 Å². The van der Waals surface area contributed by atoms with Crippen LogP contribution in [0.15, 0.2) is 95.5 Å². The van der Waals surface area contributed by atoms with E-state index in [0.717, 1.165) is 31.7 Å². The van der Waals surface area contributed by atoms with Crippen molar-refractivity contribution >= 4 is 18.1 Å². The Hall–Kier alpha value is -4.24. The Morgan fingerprint density at radius 2 is 1.57 bits per heavy atom. The Morgan fingerprint density at radius 1 is 0.929 bits per heavy atom. The van der Waals surface area contributed by atoms with E-state index in [0.29, 0.717) is 18.1 Å². The third kappa shape index (κ3) is 7.73. The first-order chi connectivity index (χ1) is 20.6. The van der Waals surface area contributed by atoms with Gasteiger partial charge in [-0.1, -0.05) is 84.0 Å². The van der Waals surface area contributed by atoms with Gasteiger partial charge in [-0.3, -0.25) is 9.80 Å². The number of carbonyl (C=O) groups is 1. The van der Waals surface area contributed by atoms with Gasteiger partial charge in [0, 0.05) is 44.4 Å². The number of hydrogen-bond acceptors (Lipinski definition) is 8. The highest BCUT2D eigenvalue weighted by Gasteiger charge is 2.27. The number of aliphatic hydroxyl groups is 1. The summed E-state index contributed by atoms with van der Waals surface area (Å²) in [6.07, 6.45) is 2.91. The lowest BCUT2D eigenvalue weighted by Gasteiger charge is -2.40. The average Bonchev–Trinajstić information content (AvgIpc) is 3.51. The molecule has 8 nitrogen and oxygen atoms in total. The molecule has 1 aliphatic rings. The normalized spacial score (nSPS) is 15.2. The molecule has 42 heavy (non-hydrogen) atoms. The highest BCUT2D eigenvalue weighted by atomic mass is 16.5. The number of aromatic nitrogens is 1. The first-order valence-corrected chi connectivity index (χ1v) is 14.4. The van der Waals surface area contributed by atoms with Gasteiger partial charge < -0.3 is 19.1 Å². The molecule has 1 saturated heterocycles. The lowest BCUT2D eigenvalue weighted by Crippen LogP contribution is -2.50. The Balaban J connectivity index is 1.13. The summed E-state index contributed by atoms with van der Waals surface area (Å²) in [5.74, 6) is 0.553. The number of esters is 1. The lowest BCUT2D eigenvalue weighted by atomic mass is 9.96. The third-order valence-electron chi connectivity index (χ3n) is 7.26. The maximum absolute atomic E-state index is 11.8. The van der Waals surface area contributed by atoms with Crippen LogP contribution in [0.4, 0.5) is 0 Å². The van der Waals surface area contributed by atoms with Gasteiger partial charge in [-0.2, -0.15) is 0 Å². The Morgan fingerprint density at radius 3 is 2.24 bits per heavy atom. The van der Waals surface area contributed by atoms with Gasteiger partial charge in [-0.25, -0.2) is 4.79 Å². The van der Waals surface area contributed by atoms with Crippen molar-refractivity contribution in [2.24, 2.45) is 0 Å². The molecule has 1 N–H and O–H groups in total. The molecule has 1 fully saturated rings. The van der Waals surface area contributed by atoms with E-state index in [9.17, 15) is 9.90 Å². The number of nitrogens with zero attached hydrogens (tertiary/aromatic N) is 3. The van der Waals surface area contributed by atoms with Crippen LogP contribution in [0.1, 0.15) is 45.9 Å². The predicted octanol–water partition coefficient (Wildman–Crippen LogP) is 5.17. The van der Waals surface area contributed by atoms with Crippen LogP contribution in [0.25, 0.3) is 12.2 Å². The molecule has 0 saturated carbocycles. The summed E-state index contributed by atoms with van der Waals surface area (Å²) in [6, 6.07) is 30.6. The molecule has 3 aromatic carbocycles. The maximum Gasteiger partial charge on any atom is 0.360 e. The van der Waals surface area contributed by atoms with E-state index >= 15 is 0 Å². The van der Waals surface area contributed by atoms with Gasteiger partial charge in [-0.15, -0.1) is 0 Å². The largest absolute Gasteiger partial charge is 0.490 e. The second-order valence-corrected chi connectivity index (χ2v) is 10.2. The van der Waals surface area contributed by atoms with Crippen LogP contribution in [0.2, 0.25) is 0 Å². The SMILES string of the molecule is CCOC(=O)c1cc(C=Cc2ccccc2OCC(O)CN2CCN(C(c3ccccc3)c3ccccc3)CC2)on1. The molecule has 0 amide bonds. The van der Waals surface area contributed by atoms with E-state index in [4.69, 9.17) is 14.0 Å². The van der Waals surface area contributed by atoms with Gasteiger partial charge in [0.25, 0.3) is 0 Å². The van der Waals surface area contributed by atoms with E-state index in [-0.39, 0.29) is 24.9 Å². The van der Waals surface area contributed by atoms with Crippen molar-refractivity contribution in [3.8, 4) is 5.75 Å². The summed E-state index contributed by atoms with van der Waals surface area (Å²) in [5.41, 5.74) is 3.53. The Labute approximate surface area is 246 Å². The van der Waals surface area contributed by atoms with Crippen molar-refractivity contribution in [1.82, 2.24) is 15.0 Å². The first-order valence-electron chi connectivity index (χ1n) is 14.4. The molecule has 0 radical (unpaired) electrons. The van der Waals surface area contributed by atoms with E-state index in [1.54, 1.807) is 13.0 Å². The third-order valence-corrected chi connectivity index (χ3v) is 7.26. The molecule has 1 aromatic heterocycles. The fraction of sp³-hybridized carbons (Fsp3) is 0.294. The minimum absolute atomic E-state index is 0.126. The Bertz CT molecular complexity index is 1390. The van der Waals surface area contributed by atoms with E-state index in [2.05, 4.69) is 75.6 Å². The molecule has 0 bridgehead atoms. The van der Waals surface area contributed by atoms with E-state index in [1.807, 2.05) is 30.3 Å². The summed E-state index contributed by atoms with van der Waals surface area (Å²) in [4.78, 5) is 16.6. The van der Waals surface area contributed by atoms with Gasteiger partial charge >= 0.3 is 5.97 Å². The number of benzene rings is 3. The molecule has 5 rings (SSSR count). The second-order valence-electron chi connectivity index (χ2n) is 10.2. The quantitative estimate of drug-likeness (QED) is 0.235. The maximum atomic E-state index is 11.8. The smallest absolute Gasteiger partial charge is 0.360 e. The monoisotopic (exact) mass is 567 g/mol. The first kappa shape index (κ1) is 29.3. The molecule has 0 aliphatic carbocycles. The molecule has 0 spiro atoms. The van der Waals surface area contributed by atoms with Crippen molar-refractivity contribution in [2.75, 3.05) is 45.9 Å². The van der Waals surface area contributed by atoms with Crippen LogP contribution >= 0.6 is 0 Å². The molecule has 1 unspecified atom stereocenters. The fourth-order valence-electron chi connectivity index (χ4n) is 5.22. The van der Waals surface area contributed by atoms with Crippen molar-refractivity contribution < 1.29 is 23.9 Å². The molecular weight excluding hydrogens is 530 g/mol. The van der Waals surface area contributed by atoms with Gasteiger partial charge in [0.1, 0.15) is 18.5 Å². The molecule has 218 valence electrons. The molecular formula is C34H37N3O5. The number of hydrogen-bond donors (Lipinski definition) is 1. The van der Waals surface area contributed by atoms with Crippen molar-refractivity contribution in [3.05, 3.63) is 119 Å². The number of piperazine rings is 1. The van der Waals surface area contributed by atoms with Crippen LogP contribution < -0.4 is 4.74 Å². The molecule has 8 heteroatoms. The van der Waals surface area contributed by atoms with Crippen molar-refractivity contribution in [1.29, 1.82) is 0 Å². The topological polar surface area (TPSA) is 88.3 Å². The molecule has 2 heterocycles. The number of para-hydroxylation sites is 1. The molecule has 4 aromatic rings. The van der Waals surface area contributed by atoms with Crippen LogP contribution in [0.5, 0.6) is 5.75 Å². The zero-order valence-electron chi connectivity index (χ0n) is 23.8. The highest BCUT2D eigenvalue weighted by molar-refractivity contribution is 5.87. The zero-order valence-corrected chi connectivity index (χ0v) is 23.8. The standard InChI is InChI=1S/C34H37N3O5/c1-2-40-34(39)31-23-30(42-35-31)18-17-26-11-9-10-16-32(26)41-25-29(38)24-36-19-21-37(22-20-36)33(27-12-5-3-6-13-27)28-14-7-4-8-15-28/h3-18,23,29,33,38H,2,19-22,24-25H2,1H3. The minimum atomic E-state index is -0.631. The van der Waals surface area contributed by atoms with E-state index in [1.165, 1.54) is 17.2 Å². The number of aliphatic hydroxyl groups excluding tert-OH is 1. The highest BCUT2D eigenvalue weighted by Crippen LogP contribution is 2.29. The lowest BCUT2D eigenvalue weighted by molar-refractivity contribution is 0.0400. The van der Waals surface area contributed by atoms with Crippen LogP contribution in [0.3, 0.4) is 0 Å². The number of rotatable bonds is 12. The van der Waals surface area contributed by atoms with Gasteiger partial charge in [0.05, 0.1) is 12.6 Å². The summed E-state index contributed by atoms with van der Waals surface area (Å²) in [5, 5.41) is 14.6. The number of carbonyl (C=O) groups excluding carboxylic acids is 1. The fourth-order valence-corrected chi connectivity index (χ4v) is 5.22. The second kappa shape index (κ2) is 14.6. The summed E-state index contributed by atoms with van der Waals surface area (Å²) in [7, 11) is 0. The molecule has 1 atom stereocenters. The summed E-state index contributed by atoms with van der Waals surface area (Å²) < 4.78 is 16.2. The summed E-state index contributed by atoms with van der Waals surface area (Å²) >= 11 is 0. The van der Waals surface area contributed by atoms with Crippen LogP contribution in [0, 0.1) is 0 Å². The van der Waals surface area contributed by atoms with Gasteiger partial charge in [0.15, 0.2) is 11.5 Å². The van der Waals surface area contributed by atoms with Crippen LogP contribution in [-0.2, 0) is 4.74 Å². The van der Waals surface area contributed by atoms with Crippen LogP contribution in [-0.4, -0.2) is 78.1 Å². The predicted molar refractivity (Wildman–Crippen MR) is 162 cm³/mol. The van der Waals surface area contributed by atoms with E-state index < -0.39 is 12.1 Å². The Kier molecular flexibility index (Phi) is 10.2. The minimum Gasteiger partial charge on any atom is -0.490 e. The molecule has 1 aliphatic heterocycles. The summed E-state index contributed by atoms with van der Waals surface area (Å²) in [6.45, 7) is 6.30. The van der Waals surface area contributed by atoms with Gasteiger partial charge in [-0.05, 0) is 36.3 Å². The average molecular weight is 568 g/mol. The number of ether oxygens (including phenoxy) is 2. The van der Waals surface area contributed by atoms with Crippen molar-refractivity contribution in [2.45, 2.75) is 19.1 Å².